The van der Waals surface area contributed by atoms with E-state index in [-0.39, 0.29) is 17.1 Å². The van der Waals surface area contributed by atoms with Crippen molar-refractivity contribution in [3.05, 3.63) is 48.0 Å². The van der Waals surface area contributed by atoms with Crippen molar-refractivity contribution in [2.45, 2.75) is 59.0 Å². The molecule has 0 saturated heterocycles. The van der Waals surface area contributed by atoms with Crippen molar-refractivity contribution < 1.29 is 45.3 Å². The molecule has 39 heavy (non-hydrogen) atoms. The van der Waals surface area contributed by atoms with Gasteiger partial charge in [0.05, 0.1) is 5.92 Å². The minimum Gasteiger partial charge on any atom is -0.493 e. The summed E-state index contributed by atoms with van der Waals surface area (Å²) in [6.07, 6.45) is -6.08. The average Bonchev–Trinajstić information content (AvgIpc) is 3.25. The highest BCUT2D eigenvalue weighted by Crippen LogP contribution is 2.41. The maximum absolute atomic E-state index is 13.4. The second kappa shape index (κ2) is 12.9. The SMILES string of the molecule is CCCCCc1ccc(-c2cc3ccc(OCC(COC(=O)C(C)C)C(F)(F)F)cc3s2)c(OC(F)(F)F)c1. The van der Waals surface area contributed by atoms with E-state index < -0.39 is 43.6 Å². The number of thiophene rings is 1. The number of alkyl halides is 6. The van der Waals surface area contributed by atoms with Crippen LogP contribution >= 0.6 is 11.3 Å². The van der Waals surface area contributed by atoms with Crippen LogP contribution in [0, 0.1) is 11.8 Å². The number of fused-ring (bicyclic) bond motifs is 1. The van der Waals surface area contributed by atoms with Crippen LogP contribution in [-0.4, -0.2) is 31.7 Å². The molecule has 1 unspecified atom stereocenters. The van der Waals surface area contributed by atoms with Gasteiger partial charge in [0.1, 0.15) is 30.6 Å². The van der Waals surface area contributed by atoms with Crippen molar-refractivity contribution in [2.24, 2.45) is 11.8 Å². The van der Waals surface area contributed by atoms with Gasteiger partial charge in [-0.15, -0.1) is 24.5 Å². The summed E-state index contributed by atoms with van der Waals surface area (Å²) in [5, 5.41) is 0.686. The quantitative estimate of drug-likeness (QED) is 0.123. The first-order chi connectivity index (χ1) is 18.3. The maximum atomic E-state index is 13.4. The van der Waals surface area contributed by atoms with Crippen LogP contribution in [0.3, 0.4) is 0 Å². The Morgan fingerprint density at radius 3 is 2.33 bits per heavy atom. The lowest BCUT2D eigenvalue weighted by molar-refractivity contribution is -0.274. The van der Waals surface area contributed by atoms with Gasteiger partial charge in [-0.2, -0.15) is 13.2 Å². The molecule has 11 heteroatoms. The molecule has 0 amide bonds. The van der Waals surface area contributed by atoms with Gasteiger partial charge in [0.2, 0.25) is 0 Å². The van der Waals surface area contributed by atoms with Crippen LogP contribution in [0.2, 0.25) is 0 Å². The van der Waals surface area contributed by atoms with Crippen molar-refractivity contribution in [1.29, 1.82) is 0 Å². The molecular weight excluding hydrogens is 546 g/mol. The normalized spacial score (nSPS) is 13.1. The Hall–Kier alpha value is -2.95. The summed E-state index contributed by atoms with van der Waals surface area (Å²) >= 11 is 1.17. The standard InChI is InChI=1S/C28H30F6O4S/c1-4-5-6-7-18-8-11-22(23(12-18)38-28(32,33)34)25-13-19-9-10-21(14-24(19)39-25)36-15-20(27(29,30)31)16-37-26(35)17(2)3/h8-14,17,20H,4-7,15-16H2,1-3H3. The molecule has 214 valence electrons. The van der Waals surface area contributed by atoms with Gasteiger partial charge in [-0.1, -0.05) is 39.7 Å². The Kier molecular flexibility index (Phi) is 10.1. The summed E-state index contributed by atoms with van der Waals surface area (Å²) in [6, 6.07) is 11.1. The predicted octanol–water partition coefficient (Wildman–Crippen LogP) is 8.96. The highest BCUT2D eigenvalue weighted by Gasteiger charge is 2.41. The molecule has 0 fully saturated rings. The third-order valence-corrected chi connectivity index (χ3v) is 7.04. The Labute approximate surface area is 226 Å². The minimum atomic E-state index is -4.87. The lowest BCUT2D eigenvalue weighted by atomic mass is 10.0. The Morgan fingerprint density at radius 2 is 1.69 bits per heavy atom. The van der Waals surface area contributed by atoms with Gasteiger partial charge in [-0.25, -0.2) is 0 Å². The van der Waals surface area contributed by atoms with Gasteiger partial charge in [-0.3, -0.25) is 4.79 Å². The zero-order valence-corrected chi connectivity index (χ0v) is 22.6. The molecular formula is C28H30F6O4S. The zero-order valence-electron chi connectivity index (χ0n) is 21.7. The van der Waals surface area contributed by atoms with E-state index in [0.717, 1.165) is 24.8 Å². The second-order valence-corrected chi connectivity index (χ2v) is 10.6. The molecule has 0 spiro atoms. The molecule has 0 aliphatic carbocycles. The van der Waals surface area contributed by atoms with Crippen LogP contribution in [-0.2, 0) is 16.0 Å². The lowest BCUT2D eigenvalue weighted by Gasteiger charge is -2.21. The number of unbranched alkanes of at least 4 members (excludes halogenated alkanes) is 2. The number of benzene rings is 2. The number of hydrogen-bond acceptors (Lipinski definition) is 5. The van der Waals surface area contributed by atoms with E-state index in [4.69, 9.17) is 9.47 Å². The van der Waals surface area contributed by atoms with Crippen LogP contribution in [0.5, 0.6) is 11.5 Å². The fourth-order valence-electron chi connectivity index (χ4n) is 3.73. The smallest absolute Gasteiger partial charge is 0.493 e. The first kappa shape index (κ1) is 30.6. The minimum absolute atomic E-state index is 0.151. The summed E-state index contributed by atoms with van der Waals surface area (Å²) < 4.78 is 94.9. The average molecular weight is 577 g/mol. The van der Waals surface area contributed by atoms with E-state index in [9.17, 15) is 31.1 Å². The molecule has 4 nitrogen and oxygen atoms in total. The topological polar surface area (TPSA) is 44.8 Å². The van der Waals surface area contributed by atoms with Crippen LogP contribution in [0.4, 0.5) is 26.3 Å². The van der Waals surface area contributed by atoms with E-state index in [1.807, 2.05) is 6.92 Å². The van der Waals surface area contributed by atoms with Gasteiger partial charge in [0.15, 0.2) is 0 Å². The van der Waals surface area contributed by atoms with E-state index in [1.165, 1.54) is 43.4 Å². The van der Waals surface area contributed by atoms with E-state index in [1.54, 1.807) is 24.3 Å². The third kappa shape index (κ3) is 9.05. The van der Waals surface area contributed by atoms with Gasteiger partial charge in [0.25, 0.3) is 0 Å². The van der Waals surface area contributed by atoms with E-state index in [0.29, 0.717) is 21.4 Å². The monoisotopic (exact) mass is 576 g/mol. The molecule has 3 rings (SSSR count). The first-order valence-electron chi connectivity index (χ1n) is 12.6. The molecule has 0 radical (unpaired) electrons. The van der Waals surface area contributed by atoms with Gasteiger partial charge >= 0.3 is 18.5 Å². The second-order valence-electron chi connectivity index (χ2n) is 9.48. The molecule has 1 aromatic heterocycles. The summed E-state index contributed by atoms with van der Waals surface area (Å²) in [7, 11) is 0. The molecule has 1 atom stereocenters. The lowest BCUT2D eigenvalue weighted by Crippen LogP contribution is -2.34. The maximum Gasteiger partial charge on any atom is 0.573 e. The molecule has 2 aromatic carbocycles. The highest BCUT2D eigenvalue weighted by atomic mass is 32.1. The number of hydrogen-bond donors (Lipinski definition) is 0. The molecule has 0 N–H and O–H groups in total. The number of rotatable bonds is 12. The van der Waals surface area contributed by atoms with Crippen LogP contribution in [0.15, 0.2) is 42.5 Å². The first-order valence-corrected chi connectivity index (χ1v) is 13.4. The van der Waals surface area contributed by atoms with Crippen molar-refractivity contribution in [2.75, 3.05) is 13.2 Å². The van der Waals surface area contributed by atoms with Gasteiger partial charge in [0, 0.05) is 15.1 Å². The Balaban J connectivity index is 1.81. The molecule has 0 aliphatic rings. The summed E-state index contributed by atoms with van der Waals surface area (Å²) in [5.74, 6) is -3.47. The van der Waals surface area contributed by atoms with Crippen molar-refractivity contribution in [3.8, 4) is 21.9 Å². The molecule has 3 aromatic rings. The summed E-state index contributed by atoms with van der Waals surface area (Å²) in [6.45, 7) is 3.46. The number of carbonyl (C=O) groups excluding carboxylic acids is 1. The number of aryl methyl sites for hydroxylation is 1. The van der Waals surface area contributed by atoms with E-state index >= 15 is 0 Å². The predicted molar refractivity (Wildman–Crippen MR) is 138 cm³/mol. The number of carbonyl (C=O) groups is 1. The molecule has 0 saturated carbocycles. The van der Waals surface area contributed by atoms with Gasteiger partial charge < -0.3 is 14.2 Å². The molecule has 0 aliphatic heterocycles. The summed E-state index contributed by atoms with van der Waals surface area (Å²) in [4.78, 5) is 12.1. The number of ether oxygens (including phenoxy) is 3. The molecule has 0 bridgehead atoms. The fourth-order valence-corrected chi connectivity index (χ4v) is 4.85. The fraction of sp³-hybridized carbons (Fsp3) is 0.464. The zero-order chi connectivity index (χ0) is 28.8. The van der Waals surface area contributed by atoms with Crippen LogP contribution < -0.4 is 9.47 Å². The van der Waals surface area contributed by atoms with Gasteiger partial charge in [-0.05, 0) is 60.2 Å². The Bertz CT molecular complexity index is 1250. The molecule has 1 heterocycles. The van der Waals surface area contributed by atoms with E-state index in [2.05, 4.69) is 4.74 Å². The van der Waals surface area contributed by atoms with Crippen molar-refractivity contribution >= 4 is 27.4 Å². The van der Waals surface area contributed by atoms with Crippen molar-refractivity contribution in [3.63, 3.8) is 0 Å². The summed E-state index contributed by atoms with van der Waals surface area (Å²) in [5.41, 5.74) is 1.00. The van der Waals surface area contributed by atoms with Crippen molar-refractivity contribution in [1.82, 2.24) is 0 Å². The van der Waals surface area contributed by atoms with Crippen LogP contribution in [0.1, 0.15) is 45.6 Å². The number of halogens is 6. The largest absolute Gasteiger partial charge is 0.573 e. The Morgan fingerprint density at radius 1 is 0.949 bits per heavy atom. The third-order valence-electron chi connectivity index (χ3n) is 5.91. The highest BCUT2D eigenvalue weighted by molar-refractivity contribution is 7.22. The van der Waals surface area contributed by atoms with Crippen LogP contribution in [0.25, 0.3) is 20.5 Å². The number of esters is 1.